The summed E-state index contributed by atoms with van der Waals surface area (Å²) in [5.74, 6) is 1.08. The van der Waals surface area contributed by atoms with E-state index in [1.165, 1.54) is 0 Å². The van der Waals surface area contributed by atoms with Crippen LogP contribution in [0.3, 0.4) is 0 Å². The summed E-state index contributed by atoms with van der Waals surface area (Å²) in [6, 6.07) is 8.08. The Hall–Kier alpha value is -1.79. The van der Waals surface area contributed by atoms with Gasteiger partial charge < -0.3 is 19.6 Å². The number of aliphatic hydroxyl groups excluding tert-OH is 1. The van der Waals surface area contributed by atoms with E-state index in [9.17, 15) is 9.90 Å². The first-order valence-corrected chi connectivity index (χ1v) is 8.73. The lowest BCUT2D eigenvalue weighted by Gasteiger charge is -2.37. The highest BCUT2D eigenvalue weighted by Gasteiger charge is 2.25. The maximum absolute atomic E-state index is 11.6. The number of methoxy groups -OCH3 is 1. The maximum Gasteiger partial charge on any atom is 0.222 e. The summed E-state index contributed by atoms with van der Waals surface area (Å²) in [4.78, 5) is 18.0. The van der Waals surface area contributed by atoms with Gasteiger partial charge in [-0.25, -0.2) is 0 Å². The van der Waals surface area contributed by atoms with Gasteiger partial charge in [-0.3, -0.25) is 9.69 Å². The minimum absolute atomic E-state index is 0.176. The Morgan fingerprint density at radius 2 is 1.88 bits per heavy atom. The summed E-state index contributed by atoms with van der Waals surface area (Å²) in [6.07, 6.45) is 1.08. The Morgan fingerprint density at radius 1 is 1.12 bits per heavy atom. The minimum atomic E-state index is -0.468. The zero-order chi connectivity index (χ0) is 16.9. The Kier molecular flexibility index (Phi) is 5.58. The predicted octanol–water partition coefficient (Wildman–Crippen LogP) is 0.800. The number of β-amino-alcohol motifs (C(OH)–C–C–N with tert-alkyl or cyclic N) is 1. The van der Waals surface area contributed by atoms with Gasteiger partial charge in [0.15, 0.2) is 0 Å². The average molecular weight is 333 g/mol. The number of piperazine rings is 1. The fourth-order valence-corrected chi connectivity index (χ4v) is 3.57. The third-order valence-electron chi connectivity index (χ3n) is 4.87. The molecule has 0 spiro atoms. The fourth-order valence-electron chi connectivity index (χ4n) is 3.57. The minimum Gasteiger partial charge on any atom is -0.495 e. The number of likely N-dealkylation sites (tertiary alicyclic amines) is 1. The molecule has 2 saturated heterocycles. The molecule has 1 atom stereocenters. The Morgan fingerprint density at radius 3 is 2.54 bits per heavy atom. The molecule has 2 heterocycles. The van der Waals surface area contributed by atoms with Gasteiger partial charge in [0.05, 0.1) is 18.9 Å². The number of benzene rings is 1. The van der Waals surface area contributed by atoms with Crippen LogP contribution in [0.25, 0.3) is 0 Å². The van der Waals surface area contributed by atoms with Crippen LogP contribution in [-0.2, 0) is 4.79 Å². The molecular formula is C18H27N3O3. The quantitative estimate of drug-likeness (QED) is 0.835. The molecule has 0 aliphatic carbocycles. The van der Waals surface area contributed by atoms with Gasteiger partial charge >= 0.3 is 0 Å². The molecule has 0 aromatic heterocycles. The van der Waals surface area contributed by atoms with E-state index < -0.39 is 6.10 Å². The smallest absolute Gasteiger partial charge is 0.222 e. The molecule has 1 aromatic rings. The first kappa shape index (κ1) is 17.0. The number of nitrogens with zero attached hydrogens (tertiary/aromatic N) is 3. The molecule has 0 radical (unpaired) electrons. The molecule has 0 unspecified atom stereocenters. The van der Waals surface area contributed by atoms with E-state index in [0.29, 0.717) is 19.5 Å². The second-order valence-corrected chi connectivity index (χ2v) is 6.56. The molecule has 2 aliphatic rings. The average Bonchev–Trinajstić information content (AvgIpc) is 3.00. The van der Waals surface area contributed by atoms with Crippen molar-refractivity contribution in [2.75, 3.05) is 57.8 Å². The standard InChI is InChI=1S/C18H27N3O3/c1-24-17-6-3-2-5-16(17)20-11-9-19(10-12-20)13-15(22)14-21-8-4-7-18(21)23/h2-3,5-6,15,22H,4,7-14H2,1H3/t15-/m0/s1. The van der Waals surface area contributed by atoms with Gasteiger partial charge in [-0.15, -0.1) is 0 Å². The highest BCUT2D eigenvalue weighted by molar-refractivity contribution is 5.78. The maximum atomic E-state index is 11.6. The van der Waals surface area contributed by atoms with E-state index in [-0.39, 0.29) is 5.91 Å². The Balaban J connectivity index is 1.47. The van der Waals surface area contributed by atoms with Crippen LogP contribution in [0.15, 0.2) is 24.3 Å². The molecule has 1 amide bonds. The molecule has 1 N–H and O–H groups in total. The topological polar surface area (TPSA) is 56.2 Å². The van der Waals surface area contributed by atoms with Gasteiger partial charge in [0.25, 0.3) is 0 Å². The summed E-state index contributed by atoms with van der Waals surface area (Å²) in [5.41, 5.74) is 1.13. The highest BCUT2D eigenvalue weighted by Crippen LogP contribution is 2.28. The monoisotopic (exact) mass is 333 g/mol. The van der Waals surface area contributed by atoms with E-state index in [1.54, 1.807) is 12.0 Å². The van der Waals surface area contributed by atoms with Crippen molar-refractivity contribution in [2.24, 2.45) is 0 Å². The fraction of sp³-hybridized carbons (Fsp3) is 0.611. The summed E-state index contributed by atoms with van der Waals surface area (Å²) in [6.45, 7) is 5.52. The molecule has 0 bridgehead atoms. The first-order valence-electron chi connectivity index (χ1n) is 8.73. The lowest BCUT2D eigenvalue weighted by atomic mass is 10.2. The molecule has 0 saturated carbocycles. The zero-order valence-corrected chi connectivity index (χ0v) is 14.4. The van der Waals surface area contributed by atoms with Crippen LogP contribution in [0.2, 0.25) is 0 Å². The third kappa shape index (κ3) is 3.99. The van der Waals surface area contributed by atoms with Crippen LogP contribution in [0.1, 0.15) is 12.8 Å². The van der Waals surface area contributed by atoms with Crippen molar-refractivity contribution in [3.8, 4) is 5.75 Å². The molecule has 132 valence electrons. The van der Waals surface area contributed by atoms with Crippen molar-refractivity contribution in [2.45, 2.75) is 18.9 Å². The second kappa shape index (κ2) is 7.85. The number of hydrogen-bond acceptors (Lipinski definition) is 5. The second-order valence-electron chi connectivity index (χ2n) is 6.56. The predicted molar refractivity (Wildman–Crippen MR) is 93.5 cm³/mol. The van der Waals surface area contributed by atoms with Crippen molar-refractivity contribution in [1.82, 2.24) is 9.80 Å². The van der Waals surface area contributed by atoms with E-state index in [1.807, 2.05) is 18.2 Å². The van der Waals surface area contributed by atoms with Gasteiger partial charge in [0.2, 0.25) is 5.91 Å². The van der Waals surface area contributed by atoms with Gasteiger partial charge in [0, 0.05) is 52.2 Å². The number of carbonyl (C=O) groups is 1. The van der Waals surface area contributed by atoms with E-state index in [4.69, 9.17) is 4.74 Å². The van der Waals surface area contributed by atoms with Crippen LogP contribution >= 0.6 is 0 Å². The summed E-state index contributed by atoms with van der Waals surface area (Å²) >= 11 is 0. The van der Waals surface area contributed by atoms with Crippen LogP contribution in [0.4, 0.5) is 5.69 Å². The number of ether oxygens (including phenoxy) is 1. The lowest BCUT2D eigenvalue weighted by Crippen LogP contribution is -2.50. The molecule has 1 aromatic carbocycles. The lowest BCUT2D eigenvalue weighted by molar-refractivity contribution is -0.129. The van der Waals surface area contributed by atoms with Crippen LogP contribution in [-0.4, -0.2) is 79.8 Å². The van der Waals surface area contributed by atoms with Gasteiger partial charge in [0.1, 0.15) is 5.75 Å². The number of rotatable bonds is 6. The van der Waals surface area contributed by atoms with Crippen LogP contribution in [0, 0.1) is 0 Å². The van der Waals surface area contributed by atoms with Crippen molar-refractivity contribution < 1.29 is 14.6 Å². The molecule has 3 rings (SSSR count). The highest BCUT2D eigenvalue weighted by atomic mass is 16.5. The third-order valence-corrected chi connectivity index (χ3v) is 4.87. The first-order chi connectivity index (χ1) is 11.7. The Labute approximate surface area is 143 Å². The van der Waals surface area contributed by atoms with Gasteiger partial charge in [-0.2, -0.15) is 0 Å². The zero-order valence-electron chi connectivity index (χ0n) is 14.4. The number of amides is 1. The Bertz CT molecular complexity index is 558. The molecule has 6 nitrogen and oxygen atoms in total. The van der Waals surface area contributed by atoms with Crippen molar-refractivity contribution >= 4 is 11.6 Å². The normalized spacial score (nSPS) is 20.5. The van der Waals surface area contributed by atoms with Crippen molar-refractivity contribution in [1.29, 1.82) is 0 Å². The largest absolute Gasteiger partial charge is 0.495 e. The van der Waals surface area contributed by atoms with Crippen molar-refractivity contribution in [3.05, 3.63) is 24.3 Å². The molecular weight excluding hydrogens is 306 g/mol. The number of anilines is 1. The van der Waals surface area contributed by atoms with E-state index in [0.717, 1.165) is 50.6 Å². The van der Waals surface area contributed by atoms with Gasteiger partial charge in [-0.05, 0) is 18.6 Å². The number of aliphatic hydroxyl groups is 1. The molecule has 24 heavy (non-hydrogen) atoms. The number of hydrogen-bond donors (Lipinski definition) is 1. The summed E-state index contributed by atoms with van der Waals surface area (Å²) in [5, 5.41) is 10.3. The molecule has 2 fully saturated rings. The van der Waals surface area contributed by atoms with Crippen LogP contribution < -0.4 is 9.64 Å². The SMILES string of the molecule is COc1ccccc1N1CCN(C[C@H](O)CN2CCCC2=O)CC1. The summed E-state index contributed by atoms with van der Waals surface area (Å²) < 4.78 is 5.44. The number of para-hydroxylation sites is 2. The van der Waals surface area contributed by atoms with Crippen molar-refractivity contribution in [3.63, 3.8) is 0 Å². The van der Waals surface area contributed by atoms with E-state index >= 15 is 0 Å². The summed E-state index contributed by atoms with van der Waals surface area (Å²) in [7, 11) is 1.70. The molecule has 6 heteroatoms. The van der Waals surface area contributed by atoms with Crippen LogP contribution in [0.5, 0.6) is 5.75 Å². The number of carbonyl (C=O) groups excluding carboxylic acids is 1. The molecule has 2 aliphatic heterocycles. The van der Waals surface area contributed by atoms with Gasteiger partial charge in [-0.1, -0.05) is 12.1 Å². The van der Waals surface area contributed by atoms with E-state index in [2.05, 4.69) is 15.9 Å².